The Hall–Kier alpha value is -0.880. The third-order valence-corrected chi connectivity index (χ3v) is 2.69. The number of nitrogens with one attached hydrogen (secondary N) is 1. The van der Waals surface area contributed by atoms with Gasteiger partial charge in [0.25, 0.3) is 0 Å². The van der Waals surface area contributed by atoms with E-state index in [1.54, 1.807) is 10.9 Å². The maximum Gasteiger partial charge on any atom is 0.146 e. The van der Waals surface area contributed by atoms with E-state index in [0.717, 1.165) is 23.1 Å². The van der Waals surface area contributed by atoms with Gasteiger partial charge in [-0.3, -0.25) is 9.67 Å². The smallest absolute Gasteiger partial charge is 0.146 e. The molecular formula is C8H14BrN5. The molecule has 3 N–H and O–H groups in total. The van der Waals surface area contributed by atoms with E-state index in [1.165, 1.54) is 0 Å². The monoisotopic (exact) mass is 259 g/mol. The van der Waals surface area contributed by atoms with Gasteiger partial charge >= 0.3 is 0 Å². The van der Waals surface area contributed by atoms with Crippen molar-refractivity contribution in [1.29, 1.82) is 0 Å². The lowest BCUT2D eigenvalue weighted by Crippen LogP contribution is -2.31. The Balaban J connectivity index is 2.95. The second-order valence-corrected chi connectivity index (χ2v) is 3.60. The fraction of sp³-hybridized carbons (Fsp3) is 0.500. The number of nitrogens with zero attached hydrogens (tertiary/aromatic N) is 3. The molecule has 0 saturated carbocycles. The van der Waals surface area contributed by atoms with Crippen LogP contribution in [0.4, 0.5) is 0 Å². The molecule has 5 nitrogen and oxygen atoms in total. The standard InChI is InChI=1S/C8H14BrN5/c1-3-4-11-8(13-10)6-5-12-14(2)7(6)9/h5H,3-4,10H2,1-2H3,(H,11,13). The normalized spacial score (nSPS) is 11.9. The Labute approximate surface area is 91.5 Å². The lowest BCUT2D eigenvalue weighted by atomic mass is 10.3. The van der Waals surface area contributed by atoms with Gasteiger partial charge in [-0.15, -0.1) is 0 Å². The zero-order valence-corrected chi connectivity index (χ0v) is 9.87. The third-order valence-electron chi connectivity index (χ3n) is 1.75. The van der Waals surface area contributed by atoms with Gasteiger partial charge in [-0.1, -0.05) is 6.92 Å². The van der Waals surface area contributed by atoms with Crippen LogP contribution < -0.4 is 11.3 Å². The maximum atomic E-state index is 5.39. The molecule has 0 aliphatic carbocycles. The Morgan fingerprint density at radius 3 is 2.93 bits per heavy atom. The van der Waals surface area contributed by atoms with Crippen molar-refractivity contribution in [2.45, 2.75) is 13.3 Å². The Morgan fingerprint density at radius 1 is 1.79 bits per heavy atom. The molecule has 0 aromatic carbocycles. The summed E-state index contributed by atoms with van der Waals surface area (Å²) in [6.07, 6.45) is 2.71. The number of nitrogens with two attached hydrogens (primary N) is 1. The van der Waals surface area contributed by atoms with E-state index in [0.29, 0.717) is 5.84 Å². The average molecular weight is 260 g/mol. The van der Waals surface area contributed by atoms with E-state index in [1.807, 2.05) is 7.05 Å². The first-order valence-electron chi connectivity index (χ1n) is 4.39. The third kappa shape index (κ3) is 2.33. The molecule has 6 heteroatoms. The number of rotatable bonds is 3. The largest absolute Gasteiger partial charge is 0.308 e. The topological polar surface area (TPSA) is 68.2 Å². The van der Waals surface area contributed by atoms with Gasteiger partial charge in [0.2, 0.25) is 0 Å². The van der Waals surface area contributed by atoms with Gasteiger partial charge in [0.15, 0.2) is 0 Å². The van der Waals surface area contributed by atoms with Crippen LogP contribution in [0.1, 0.15) is 18.9 Å². The molecule has 0 fully saturated rings. The highest BCUT2D eigenvalue weighted by atomic mass is 79.9. The molecular weight excluding hydrogens is 246 g/mol. The molecule has 0 aliphatic rings. The molecule has 0 atom stereocenters. The Morgan fingerprint density at radius 2 is 2.50 bits per heavy atom. The van der Waals surface area contributed by atoms with E-state index in [4.69, 9.17) is 5.84 Å². The highest BCUT2D eigenvalue weighted by Crippen LogP contribution is 2.14. The van der Waals surface area contributed by atoms with Crippen molar-refractivity contribution in [2.75, 3.05) is 6.54 Å². The summed E-state index contributed by atoms with van der Waals surface area (Å²) < 4.78 is 2.58. The summed E-state index contributed by atoms with van der Waals surface area (Å²) >= 11 is 3.41. The first-order valence-corrected chi connectivity index (χ1v) is 5.19. The first kappa shape index (κ1) is 11.2. The van der Waals surface area contributed by atoms with E-state index < -0.39 is 0 Å². The quantitative estimate of drug-likeness (QED) is 0.365. The number of hydrogen-bond donors (Lipinski definition) is 2. The number of aliphatic imine (C=N–C) groups is 1. The van der Waals surface area contributed by atoms with Gasteiger partial charge in [0.05, 0.1) is 11.8 Å². The zero-order valence-electron chi connectivity index (χ0n) is 8.29. The van der Waals surface area contributed by atoms with E-state index >= 15 is 0 Å². The van der Waals surface area contributed by atoms with Gasteiger partial charge in [-0.25, -0.2) is 5.84 Å². The van der Waals surface area contributed by atoms with Crippen LogP contribution in [0.5, 0.6) is 0 Å². The van der Waals surface area contributed by atoms with Crippen LogP contribution in [-0.2, 0) is 7.05 Å². The highest BCUT2D eigenvalue weighted by molar-refractivity contribution is 9.10. The van der Waals surface area contributed by atoms with Crippen molar-refractivity contribution in [2.24, 2.45) is 17.9 Å². The molecule has 1 heterocycles. The summed E-state index contributed by atoms with van der Waals surface area (Å²) in [5, 5.41) is 4.09. The van der Waals surface area contributed by atoms with Crippen molar-refractivity contribution in [3.63, 3.8) is 0 Å². The molecule has 1 aromatic rings. The van der Waals surface area contributed by atoms with Crippen LogP contribution in [0.2, 0.25) is 0 Å². The summed E-state index contributed by atoms with van der Waals surface area (Å²) in [5.41, 5.74) is 3.45. The molecule has 1 aromatic heterocycles. The minimum Gasteiger partial charge on any atom is -0.308 e. The molecule has 0 aliphatic heterocycles. The van der Waals surface area contributed by atoms with Crippen LogP contribution in [0.3, 0.4) is 0 Å². The van der Waals surface area contributed by atoms with Crippen molar-refractivity contribution in [1.82, 2.24) is 15.2 Å². The van der Waals surface area contributed by atoms with Crippen LogP contribution in [0.25, 0.3) is 0 Å². The number of halogens is 1. The highest BCUT2D eigenvalue weighted by Gasteiger charge is 2.10. The number of amidine groups is 1. The van der Waals surface area contributed by atoms with Gasteiger partial charge < -0.3 is 5.43 Å². The van der Waals surface area contributed by atoms with E-state index in [2.05, 4.69) is 38.4 Å². The van der Waals surface area contributed by atoms with Crippen molar-refractivity contribution < 1.29 is 0 Å². The predicted molar refractivity (Wildman–Crippen MR) is 59.9 cm³/mol. The second-order valence-electron chi connectivity index (χ2n) is 2.85. The molecule has 0 radical (unpaired) electrons. The maximum absolute atomic E-state index is 5.39. The van der Waals surface area contributed by atoms with Gasteiger partial charge in [0.1, 0.15) is 10.4 Å². The van der Waals surface area contributed by atoms with Crippen LogP contribution >= 0.6 is 15.9 Å². The molecule has 0 saturated heterocycles. The number of hydrogen-bond acceptors (Lipinski definition) is 3. The van der Waals surface area contributed by atoms with Crippen molar-refractivity contribution in [3.8, 4) is 0 Å². The summed E-state index contributed by atoms with van der Waals surface area (Å²) in [5.74, 6) is 6.04. The van der Waals surface area contributed by atoms with E-state index in [9.17, 15) is 0 Å². The van der Waals surface area contributed by atoms with Gasteiger partial charge in [-0.2, -0.15) is 5.10 Å². The molecule has 1 rings (SSSR count). The fourth-order valence-electron chi connectivity index (χ4n) is 1.01. The number of hydrazine groups is 1. The van der Waals surface area contributed by atoms with Gasteiger partial charge in [0, 0.05) is 13.6 Å². The minimum atomic E-state index is 0.659. The summed E-state index contributed by atoms with van der Waals surface area (Å²) in [6.45, 7) is 2.82. The van der Waals surface area contributed by atoms with Crippen LogP contribution in [-0.4, -0.2) is 22.2 Å². The molecule has 78 valence electrons. The van der Waals surface area contributed by atoms with Gasteiger partial charge in [-0.05, 0) is 22.4 Å². The van der Waals surface area contributed by atoms with Crippen LogP contribution in [0.15, 0.2) is 15.8 Å². The number of aryl methyl sites for hydroxylation is 1. The lowest BCUT2D eigenvalue weighted by molar-refractivity contribution is 0.749. The lowest BCUT2D eigenvalue weighted by Gasteiger charge is -2.03. The summed E-state index contributed by atoms with van der Waals surface area (Å²) in [4.78, 5) is 4.30. The minimum absolute atomic E-state index is 0.659. The van der Waals surface area contributed by atoms with Crippen molar-refractivity contribution in [3.05, 3.63) is 16.4 Å². The van der Waals surface area contributed by atoms with E-state index in [-0.39, 0.29) is 0 Å². The molecule has 0 amide bonds. The SMILES string of the molecule is CCCN=C(NN)c1cnn(C)c1Br. The number of aromatic nitrogens is 2. The predicted octanol–water partition coefficient (Wildman–Crippen LogP) is 0.803. The Kier molecular flexibility index (Phi) is 4.09. The summed E-state index contributed by atoms with van der Waals surface area (Å²) in [6, 6.07) is 0. The second kappa shape index (κ2) is 5.11. The molecule has 0 bridgehead atoms. The first-order chi connectivity index (χ1) is 6.70. The summed E-state index contributed by atoms with van der Waals surface area (Å²) in [7, 11) is 1.85. The zero-order chi connectivity index (χ0) is 10.6. The fourth-order valence-corrected chi connectivity index (χ4v) is 1.40. The van der Waals surface area contributed by atoms with Crippen molar-refractivity contribution >= 4 is 21.8 Å². The molecule has 0 unspecified atom stereocenters. The molecule has 14 heavy (non-hydrogen) atoms. The van der Waals surface area contributed by atoms with Crippen LogP contribution in [0, 0.1) is 0 Å². The average Bonchev–Trinajstić information content (AvgIpc) is 2.51. The Bertz CT molecular complexity index is 330. The molecule has 0 spiro atoms.